The minimum atomic E-state index is -3.60. The Kier molecular flexibility index (Phi) is 7.49. The van der Waals surface area contributed by atoms with Crippen LogP contribution >= 0.6 is 0 Å². The van der Waals surface area contributed by atoms with E-state index in [9.17, 15) is 13.2 Å². The number of amides is 1. The van der Waals surface area contributed by atoms with Crippen LogP contribution < -0.4 is 14.5 Å². The van der Waals surface area contributed by atoms with Crippen LogP contribution in [0.5, 0.6) is 0 Å². The molecule has 1 saturated heterocycles. The molecule has 0 spiro atoms. The Balaban J connectivity index is 1.61. The topological polar surface area (TPSA) is 69.7 Å². The van der Waals surface area contributed by atoms with Crippen LogP contribution in [-0.2, 0) is 26.8 Å². The van der Waals surface area contributed by atoms with E-state index >= 15 is 0 Å². The van der Waals surface area contributed by atoms with Crippen LogP contribution in [0.4, 0.5) is 11.4 Å². The van der Waals surface area contributed by atoms with Crippen LogP contribution in [0.1, 0.15) is 51.2 Å². The first-order valence-electron chi connectivity index (χ1n) is 11.2. The highest BCUT2D eigenvalue weighted by Crippen LogP contribution is 2.26. The van der Waals surface area contributed by atoms with Crippen molar-refractivity contribution < 1.29 is 13.2 Å². The van der Waals surface area contributed by atoms with Crippen LogP contribution in [0.2, 0.25) is 0 Å². The van der Waals surface area contributed by atoms with E-state index in [1.165, 1.54) is 24.9 Å². The molecule has 0 bridgehead atoms. The van der Waals surface area contributed by atoms with Gasteiger partial charge < -0.3 is 10.2 Å². The highest BCUT2D eigenvalue weighted by molar-refractivity contribution is 7.92. The van der Waals surface area contributed by atoms with Crippen LogP contribution in [0, 0.1) is 0 Å². The van der Waals surface area contributed by atoms with Gasteiger partial charge in [0.1, 0.15) is 6.54 Å². The van der Waals surface area contributed by atoms with E-state index in [0.29, 0.717) is 12.2 Å². The highest BCUT2D eigenvalue weighted by Gasteiger charge is 2.22. The number of sulfonamides is 1. The molecule has 3 rings (SSSR count). The summed E-state index contributed by atoms with van der Waals surface area (Å²) in [5.74, 6) is -0.338. The molecule has 7 heteroatoms. The van der Waals surface area contributed by atoms with Crippen LogP contribution in [0.15, 0.2) is 48.5 Å². The fourth-order valence-electron chi connectivity index (χ4n) is 3.89. The summed E-state index contributed by atoms with van der Waals surface area (Å²) in [6.07, 6.45) is 4.88. The Labute approximate surface area is 192 Å². The molecule has 0 aromatic heterocycles. The SMILES string of the molecule is CC(C)(C)c1ccc(N(CC(=O)NCc2ccc(N3CCCCC3)cc2)S(C)(=O)=O)cc1. The number of benzene rings is 2. The van der Waals surface area contributed by atoms with E-state index in [-0.39, 0.29) is 17.9 Å². The van der Waals surface area contributed by atoms with Gasteiger partial charge in [-0.15, -0.1) is 0 Å². The predicted molar refractivity (Wildman–Crippen MR) is 132 cm³/mol. The molecule has 0 unspecified atom stereocenters. The zero-order valence-electron chi connectivity index (χ0n) is 19.6. The molecule has 1 fully saturated rings. The van der Waals surface area contributed by atoms with Crippen molar-refractivity contribution in [3.8, 4) is 0 Å². The molecule has 1 heterocycles. The first-order chi connectivity index (χ1) is 15.0. The van der Waals surface area contributed by atoms with E-state index in [4.69, 9.17) is 0 Å². The maximum Gasteiger partial charge on any atom is 0.241 e. The lowest BCUT2D eigenvalue weighted by molar-refractivity contribution is -0.119. The molecule has 0 aliphatic carbocycles. The lowest BCUT2D eigenvalue weighted by atomic mass is 9.87. The molecule has 0 saturated carbocycles. The van der Waals surface area contributed by atoms with E-state index in [0.717, 1.165) is 34.8 Å². The van der Waals surface area contributed by atoms with Gasteiger partial charge in [0.2, 0.25) is 15.9 Å². The highest BCUT2D eigenvalue weighted by atomic mass is 32.2. The van der Waals surface area contributed by atoms with E-state index < -0.39 is 10.0 Å². The summed E-state index contributed by atoms with van der Waals surface area (Å²) in [4.78, 5) is 15.0. The summed E-state index contributed by atoms with van der Waals surface area (Å²) in [6.45, 7) is 8.59. The number of piperidine rings is 1. The van der Waals surface area contributed by atoms with Gasteiger partial charge >= 0.3 is 0 Å². The van der Waals surface area contributed by atoms with Gasteiger partial charge in [0.25, 0.3) is 0 Å². The van der Waals surface area contributed by atoms with Gasteiger partial charge in [-0.3, -0.25) is 9.10 Å². The average Bonchev–Trinajstić information content (AvgIpc) is 2.76. The second kappa shape index (κ2) is 9.94. The summed E-state index contributed by atoms with van der Waals surface area (Å²) < 4.78 is 25.9. The lowest BCUT2D eigenvalue weighted by Gasteiger charge is -2.28. The molecule has 174 valence electrons. The summed E-state index contributed by atoms with van der Waals surface area (Å²) in [7, 11) is -3.60. The number of rotatable bonds is 7. The quantitative estimate of drug-likeness (QED) is 0.681. The Morgan fingerprint density at radius 2 is 1.56 bits per heavy atom. The Hall–Kier alpha value is -2.54. The molecular weight excluding hydrogens is 422 g/mol. The number of hydrogen-bond donors (Lipinski definition) is 1. The molecule has 32 heavy (non-hydrogen) atoms. The second-order valence-electron chi connectivity index (χ2n) is 9.56. The van der Waals surface area contributed by atoms with Crippen molar-refractivity contribution in [1.29, 1.82) is 0 Å². The maximum absolute atomic E-state index is 12.6. The number of carbonyl (C=O) groups excluding carboxylic acids is 1. The molecule has 0 radical (unpaired) electrons. The van der Waals surface area contributed by atoms with Crippen molar-refractivity contribution in [3.63, 3.8) is 0 Å². The summed E-state index contributed by atoms with van der Waals surface area (Å²) >= 11 is 0. The monoisotopic (exact) mass is 457 g/mol. The van der Waals surface area contributed by atoms with Crippen molar-refractivity contribution in [2.45, 2.75) is 52.0 Å². The molecule has 1 aliphatic heterocycles. The number of anilines is 2. The van der Waals surface area contributed by atoms with E-state index in [1.54, 1.807) is 12.1 Å². The number of nitrogens with zero attached hydrogens (tertiary/aromatic N) is 2. The largest absolute Gasteiger partial charge is 0.372 e. The fraction of sp³-hybridized carbons (Fsp3) is 0.480. The fourth-order valence-corrected chi connectivity index (χ4v) is 4.75. The third-order valence-corrected chi connectivity index (χ3v) is 7.00. The minimum absolute atomic E-state index is 0.0324. The summed E-state index contributed by atoms with van der Waals surface area (Å²) in [5, 5.41) is 2.85. The number of nitrogens with one attached hydrogen (secondary N) is 1. The normalized spacial score (nSPS) is 14.8. The first-order valence-corrected chi connectivity index (χ1v) is 13.1. The number of hydrogen-bond acceptors (Lipinski definition) is 4. The first kappa shape index (κ1) is 24.1. The third kappa shape index (κ3) is 6.48. The van der Waals surface area contributed by atoms with Crippen molar-refractivity contribution in [3.05, 3.63) is 59.7 Å². The van der Waals surface area contributed by atoms with Gasteiger partial charge in [0.05, 0.1) is 11.9 Å². The zero-order valence-corrected chi connectivity index (χ0v) is 20.4. The van der Waals surface area contributed by atoms with Crippen molar-refractivity contribution in [2.75, 3.05) is 35.1 Å². The molecule has 1 aliphatic rings. The lowest BCUT2D eigenvalue weighted by Crippen LogP contribution is -2.40. The predicted octanol–water partition coefficient (Wildman–Crippen LogP) is 4.06. The van der Waals surface area contributed by atoms with Crippen LogP contribution in [0.3, 0.4) is 0 Å². The molecule has 1 N–H and O–H groups in total. The van der Waals surface area contributed by atoms with Gasteiger partial charge in [-0.1, -0.05) is 45.0 Å². The van der Waals surface area contributed by atoms with E-state index in [1.807, 2.05) is 24.3 Å². The molecule has 2 aromatic rings. The van der Waals surface area contributed by atoms with Crippen LogP contribution in [-0.4, -0.2) is 40.2 Å². The molecule has 6 nitrogen and oxygen atoms in total. The smallest absolute Gasteiger partial charge is 0.241 e. The molecule has 2 aromatic carbocycles. The van der Waals surface area contributed by atoms with E-state index in [2.05, 4.69) is 43.1 Å². The Morgan fingerprint density at radius 1 is 0.969 bits per heavy atom. The maximum atomic E-state index is 12.6. The summed E-state index contributed by atoms with van der Waals surface area (Å²) in [5.41, 5.74) is 3.75. The van der Waals surface area contributed by atoms with Crippen molar-refractivity contribution in [1.82, 2.24) is 5.32 Å². The standard InChI is InChI=1S/C25H35N3O3S/c1-25(2,3)21-10-14-23(15-11-21)28(32(4,30)31)19-24(29)26-18-20-8-12-22(13-9-20)27-16-6-5-7-17-27/h8-15H,5-7,16-19H2,1-4H3,(H,26,29). The van der Waals surface area contributed by atoms with Crippen LogP contribution in [0.25, 0.3) is 0 Å². The van der Waals surface area contributed by atoms with Gasteiger partial charge in [0, 0.05) is 25.3 Å². The average molecular weight is 458 g/mol. The minimum Gasteiger partial charge on any atom is -0.372 e. The number of carbonyl (C=O) groups is 1. The van der Waals surface area contributed by atoms with Gasteiger partial charge in [-0.25, -0.2) is 8.42 Å². The molecule has 1 amide bonds. The van der Waals surface area contributed by atoms with Gasteiger partial charge in [-0.2, -0.15) is 0 Å². The molecule has 0 atom stereocenters. The third-order valence-electron chi connectivity index (χ3n) is 5.86. The van der Waals surface area contributed by atoms with Gasteiger partial charge in [-0.05, 0) is 60.1 Å². The Bertz CT molecular complexity index is 1000. The second-order valence-corrected chi connectivity index (χ2v) is 11.5. The zero-order chi connectivity index (χ0) is 23.4. The van der Waals surface area contributed by atoms with Gasteiger partial charge in [0.15, 0.2) is 0 Å². The van der Waals surface area contributed by atoms with Crippen molar-refractivity contribution >= 4 is 27.3 Å². The summed E-state index contributed by atoms with van der Waals surface area (Å²) in [6, 6.07) is 15.6. The Morgan fingerprint density at radius 3 is 2.09 bits per heavy atom. The molecular formula is C25H35N3O3S. The van der Waals surface area contributed by atoms with Crippen molar-refractivity contribution in [2.24, 2.45) is 0 Å².